The van der Waals surface area contributed by atoms with Gasteiger partial charge in [-0.05, 0) is 30.5 Å². The molecule has 0 radical (unpaired) electrons. The van der Waals surface area contributed by atoms with Gasteiger partial charge in [0.2, 0.25) is 0 Å². The lowest BCUT2D eigenvalue weighted by molar-refractivity contribution is 0.277. The quantitative estimate of drug-likeness (QED) is 0.854. The van der Waals surface area contributed by atoms with Gasteiger partial charge in [-0.3, -0.25) is 4.98 Å². The van der Waals surface area contributed by atoms with Crippen molar-refractivity contribution in [1.29, 1.82) is 0 Å². The molecule has 3 heteroatoms. The number of fused-ring (bicyclic) bond motifs is 1. The highest BCUT2D eigenvalue weighted by Gasteiger charge is 2.00. The zero-order valence-electron chi connectivity index (χ0n) is 9.48. The second-order valence-electron chi connectivity index (χ2n) is 3.95. The monoisotopic (exact) mass is 216 g/mol. The number of nitrogens with zero attached hydrogens (tertiary/aromatic N) is 2. The standard InChI is InChI=1S/C13H16N2O/c1-2-3-4-10-5-6-12-13(7-10)15-11(9-16)8-14-12/h5-8,16H,2-4,9H2,1H3. The summed E-state index contributed by atoms with van der Waals surface area (Å²) in [6.45, 7) is 2.13. The summed E-state index contributed by atoms with van der Waals surface area (Å²) in [6, 6.07) is 6.16. The summed E-state index contributed by atoms with van der Waals surface area (Å²) >= 11 is 0. The van der Waals surface area contributed by atoms with Crippen molar-refractivity contribution >= 4 is 11.0 Å². The first kappa shape index (κ1) is 11.0. The number of aromatic nitrogens is 2. The highest BCUT2D eigenvalue weighted by Crippen LogP contribution is 2.14. The molecular formula is C13H16N2O. The van der Waals surface area contributed by atoms with Gasteiger partial charge in [0.05, 0.1) is 29.5 Å². The SMILES string of the molecule is CCCCc1ccc2ncc(CO)nc2c1. The zero-order chi connectivity index (χ0) is 11.4. The van der Waals surface area contributed by atoms with E-state index in [1.807, 2.05) is 6.07 Å². The number of rotatable bonds is 4. The van der Waals surface area contributed by atoms with Crippen LogP contribution in [0.1, 0.15) is 31.0 Å². The number of hydrogen-bond acceptors (Lipinski definition) is 3. The summed E-state index contributed by atoms with van der Waals surface area (Å²) in [7, 11) is 0. The minimum absolute atomic E-state index is 0.0534. The maximum Gasteiger partial charge on any atom is 0.0893 e. The first-order valence-corrected chi connectivity index (χ1v) is 5.69. The molecule has 0 aliphatic carbocycles. The number of aryl methyl sites for hydroxylation is 1. The van der Waals surface area contributed by atoms with Gasteiger partial charge < -0.3 is 5.11 Å². The lowest BCUT2D eigenvalue weighted by atomic mass is 10.1. The third-order valence-corrected chi connectivity index (χ3v) is 2.64. The van der Waals surface area contributed by atoms with E-state index >= 15 is 0 Å². The Balaban J connectivity index is 2.35. The highest BCUT2D eigenvalue weighted by atomic mass is 16.3. The molecule has 0 spiro atoms. The fourth-order valence-corrected chi connectivity index (χ4v) is 1.71. The molecule has 0 atom stereocenters. The molecule has 0 aliphatic rings. The molecule has 0 unspecified atom stereocenters. The Hall–Kier alpha value is -1.48. The van der Waals surface area contributed by atoms with Crippen molar-refractivity contribution in [2.45, 2.75) is 32.8 Å². The molecule has 84 valence electrons. The number of aliphatic hydroxyl groups excluding tert-OH is 1. The fraction of sp³-hybridized carbons (Fsp3) is 0.385. The molecule has 0 aliphatic heterocycles. The molecule has 0 amide bonds. The summed E-state index contributed by atoms with van der Waals surface area (Å²) in [5.74, 6) is 0. The van der Waals surface area contributed by atoms with E-state index in [0.29, 0.717) is 5.69 Å². The third-order valence-electron chi connectivity index (χ3n) is 2.64. The molecule has 0 fully saturated rings. The predicted molar refractivity (Wildman–Crippen MR) is 64.1 cm³/mol. The first-order chi connectivity index (χ1) is 7.83. The summed E-state index contributed by atoms with van der Waals surface area (Å²) in [4.78, 5) is 8.60. The Morgan fingerprint density at radius 1 is 1.25 bits per heavy atom. The van der Waals surface area contributed by atoms with Crippen LogP contribution in [0.15, 0.2) is 24.4 Å². The van der Waals surface area contributed by atoms with E-state index in [0.717, 1.165) is 17.5 Å². The lowest BCUT2D eigenvalue weighted by Crippen LogP contribution is -1.93. The van der Waals surface area contributed by atoms with Gasteiger partial charge in [0.25, 0.3) is 0 Å². The fourth-order valence-electron chi connectivity index (χ4n) is 1.71. The molecule has 0 bridgehead atoms. The maximum absolute atomic E-state index is 9.01. The van der Waals surface area contributed by atoms with Gasteiger partial charge in [-0.2, -0.15) is 0 Å². The van der Waals surface area contributed by atoms with Crippen LogP contribution in [-0.2, 0) is 13.0 Å². The average Bonchev–Trinajstić information content (AvgIpc) is 2.35. The third kappa shape index (κ3) is 2.36. The zero-order valence-corrected chi connectivity index (χ0v) is 9.48. The van der Waals surface area contributed by atoms with Crippen LogP contribution in [0.25, 0.3) is 11.0 Å². The van der Waals surface area contributed by atoms with Crippen molar-refractivity contribution in [3.63, 3.8) is 0 Å². The van der Waals surface area contributed by atoms with Crippen LogP contribution in [0.4, 0.5) is 0 Å². The van der Waals surface area contributed by atoms with Crippen molar-refractivity contribution < 1.29 is 5.11 Å². The largest absolute Gasteiger partial charge is 0.390 e. The van der Waals surface area contributed by atoms with Crippen molar-refractivity contribution in [3.05, 3.63) is 35.7 Å². The van der Waals surface area contributed by atoms with Gasteiger partial charge in [0, 0.05) is 0 Å². The molecule has 1 N–H and O–H groups in total. The van der Waals surface area contributed by atoms with Gasteiger partial charge >= 0.3 is 0 Å². The van der Waals surface area contributed by atoms with E-state index in [1.54, 1.807) is 6.20 Å². The molecule has 16 heavy (non-hydrogen) atoms. The average molecular weight is 216 g/mol. The highest BCUT2D eigenvalue weighted by molar-refractivity contribution is 5.74. The second kappa shape index (κ2) is 5.03. The topological polar surface area (TPSA) is 46.0 Å². The molecule has 1 aromatic carbocycles. The summed E-state index contributed by atoms with van der Waals surface area (Å²) < 4.78 is 0. The second-order valence-corrected chi connectivity index (χ2v) is 3.95. The van der Waals surface area contributed by atoms with E-state index in [-0.39, 0.29) is 6.61 Å². The van der Waals surface area contributed by atoms with E-state index in [1.165, 1.54) is 18.4 Å². The Kier molecular flexibility index (Phi) is 3.47. The van der Waals surface area contributed by atoms with E-state index in [2.05, 4.69) is 29.0 Å². The molecule has 0 saturated heterocycles. The van der Waals surface area contributed by atoms with Crippen LogP contribution < -0.4 is 0 Å². The summed E-state index contributed by atoms with van der Waals surface area (Å²) in [6.07, 6.45) is 5.09. The Bertz CT molecular complexity index is 482. The molecular weight excluding hydrogens is 200 g/mol. The van der Waals surface area contributed by atoms with Crippen LogP contribution in [-0.4, -0.2) is 15.1 Å². The van der Waals surface area contributed by atoms with Crippen LogP contribution in [0.3, 0.4) is 0 Å². The molecule has 1 heterocycles. The number of hydrogen-bond donors (Lipinski definition) is 1. The van der Waals surface area contributed by atoms with Crippen molar-refractivity contribution in [1.82, 2.24) is 9.97 Å². The maximum atomic E-state index is 9.01. The van der Waals surface area contributed by atoms with Crippen LogP contribution in [0.2, 0.25) is 0 Å². The molecule has 1 aromatic heterocycles. The Morgan fingerprint density at radius 2 is 2.12 bits per heavy atom. The Labute approximate surface area is 95.2 Å². The molecule has 3 nitrogen and oxygen atoms in total. The van der Waals surface area contributed by atoms with Gasteiger partial charge in [0.1, 0.15) is 0 Å². The van der Waals surface area contributed by atoms with Gasteiger partial charge in [0.15, 0.2) is 0 Å². The predicted octanol–water partition coefficient (Wildman–Crippen LogP) is 2.46. The minimum Gasteiger partial charge on any atom is -0.390 e. The van der Waals surface area contributed by atoms with Crippen LogP contribution >= 0.6 is 0 Å². The van der Waals surface area contributed by atoms with Crippen molar-refractivity contribution in [2.75, 3.05) is 0 Å². The number of benzene rings is 1. The molecule has 2 aromatic rings. The van der Waals surface area contributed by atoms with Crippen LogP contribution in [0.5, 0.6) is 0 Å². The minimum atomic E-state index is -0.0534. The Morgan fingerprint density at radius 3 is 2.88 bits per heavy atom. The summed E-state index contributed by atoms with van der Waals surface area (Å²) in [5.41, 5.74) is 3.68. The van der Waals surface area contributed by atoms with Crippen molar-refractivity contribution in [3.8, 4) is 0 Å². The smallest absolute Gasteiger partial charge is 0.0893 e. The summed E-state index contributed by atoms with van der Waals surface area (Å²) in [5, 5.41) is 9.01. The number of aliphatic hydroxyl groups is 1. The number of unbranched alkanes of at least 4 members (excludes halogenated alkanes) is 1. The van der Waals surface area contributed by atoms with Crippen molar-refractivity contribution in [2.24, 2.45) is 0 Å². The van der Waals surface area contributed by atoms with E-state index in [4.69, 9.17) is 5.11 Å². The van der Waals surface area contributed by atoms with Gasteiger partial charge in [-0.1, -0.05) is 19.4 Å². The van der Waals surface area contributed by atoms with Gasteiger partial charge in [-0.15, -0.1) is 0 Å². The van der Waals surface area contributed by atoms with Crippen LogP contribution in [0, 0.1) is 0 Å². The van der Waals surface area contributed by atoms with E-state index < -0.39 is 0 Å². The molecule has 0 saturated carbocycles. The normalized spacial score (nSPS) is 10.9. The lowest BCUT2D eigenvalue weighted by Gasteiger charge is -2.03. The van der Waals surface area contributed by atoms with E-state index in [9.17, 15) is 0 Å². The first-order valence-electron chi connectivity index (χ1n) is 5.69. The van der Waals surface area contributed by atoms with Gasteiger partial charge in [-0.25, -0.2) is 4.98 Å². The molecule has 2 rings (SSSR count).